The predicted octanol–water partition coefficient (Wildman–Crippen LogP) is 3.27. The molecule has 0 fully saturated rings. The van der Waals surface area contributed by atoms with Crippen molar-refractivity contribution in [2.75, 3.05) is 0 Å². The van der Waals surface area contributed by atoms with E-state index in [-0.39, 0.29) is 5.76 Å². The van der Waals surface area contributed by atoms with E-state index >= 15 is 0 Å². The highest BCUT2D eigenvalue weighted by Gasteiger charge is 2.11. The van der Waals surface area contributed by atoms with Crippen molar-refractivity contribution in [2.45, 2.75) is 6.92 Å². The Morgan fingerprint density at radius 1 is 1.75 bits per heavy atom. The molecule has 4 nitrogen and oxygen atoms in total. The van der Waals surface area contributed by atoms with Crippen molar-refractivity contribution in [3.05, 3.63) is 26.4 Å². The van der Waals surface area contributed by atoms with Gasteiger partial charge in [0.05, 0.1) is 4.47 Å². The topological polar surface area (TPSA) is 61.9 Å². The van der Waals surface area contributed by atoms with E-state index < -0.39 is 0 Å². The largest absolute Gasteiger partial charge is 0.451 e. The van der Waals surface area contributed by atoms with Gasteiger partial charge in [-0.15, -0.1) is 6.42 Å². The quantitative estimate of drug-likeness (QED) is 0.313. The number of aryl methyl sites for hydroxylation is 1. The molecule has 5 heteroatoms. The second-order valence-electron chi connectivity index (χ2n) is 1.98. The van der Waals surface area contributed by atoms with Gasteiger partial charge in [-0.25, -0.2) is 0 Å². The maximum Gasteiger partial charge on any atom is 0.187 e. The maximum absolute atomic E-state index is 8.20. The van der Waals surface area contributed by atoms with Gasteiger partial charge in [-0.05, 0) is 34.3 Å². The van der Waals surface area contributed by atoms with Gasteiger partial charge in [0, 0.05) is 4.91 Å². The molecule has 0 saturated carbocycles. The maximum atomic E-state index is 8.20. The Labute approximate surface area is 77.3 Å². The first-order valence-electron chi connectivity index (χ1n) is 3.01. The monoisotopic (exact) mass is 225 g/mol. The summed E-state index contributed by atoms with van der Waals surface area (Å²) in [6.45, 7) is 1.72. The fraction of sp³-hybridized carbons (Fsp3) is 0.143. The minimum atomic E-state index is 0.247. The molecule has 1 rings (SSSR count). The van der Waals surface area contributed by atoms with E-state index in [0.717, 1.165) is 0 Å². The van der Waals surface area contributed by atoms with Gasteiger partial charge in [-0.1, -0.05) is 5.11 Å². The molecule has 1 heterocycles. The fourth-order valence-corrected chi connectivity index (χ4v) is 1.08. The number of hydrogen-bond acceptors (Lipinski definition) is 2. The minimum absolute atomic E-state index is 0.247. The zero-order valence-electron chi connectivity index (χ0n) is 6.21. The van der Waals surface area contributed by atoms with Gasteiger partial charge < -0.3 is 4.42 Å². The van der Waals surface area contributed by atoms with E-state index in [9.17, 15) is 0 Å². The minimum Gasteiger partial charge on any atom is -0.451 e. The van der Waals surface area contributed by atoms with Crippen LogP contribution in [0, 0.1) is 19.3 Å². The Hall–Kier alpha value is -1.37. The molecule has 0 aliphatic rings. The van der Waals surface area contributed by atoms with E-state index in [0.29, 0.717) is 15.9 Å². The molecule has 0 unspecified atom stereocenters. The van der Waals surface area contributed by atoms with Crippen LogP contribution in [0.15, 0.2) is 14.0 Å². The number of azide groups is 1. The second-order valence-corrected chi connectivity index (χ2v) is 2.78. The van der Waals surface area contributed by atoms with Gasteiger partial charge in [0.1, 0.15) is 11.4 Å². The molecule has 0 amide bonds. The third-order valence-electron chi connectivity index (χ3n) is 1.26. The van der Waals surface area contributed by atoms with Crippen molar-refractivity contribution in [3.63, 3.8) is 0 Å². The van der Waals surface area contributed by atoms with Crippen molar-refractivity contribution in [2.24, 2.45) is 5.11 Å². The summed E-state index contributed by atoms with van der Waals surface area (Å²) in [5.41, 5.74) is 8.53. The van der Waals surface area contributed by atoms with Crippen LogP contribution in [0.2, 0.25) is 0 Å². The average Bonchev–Trinajstić information content (AvgIpc) is 2.33. The van der Waals surface area contributed by atoms with E-state index in [2.05, 4.69) is 31.9 Å². The fourth-order valence-electron chi connectivity index (χ4n) is 0.745. The van der Waals surface area contributed by atoms with Crippen LogP contribution in [0.25, 0.3) is 10.4 Å². The van der Waals surface area contributed by atoms with E-state index in [1.807, 2.05) is 0 Å². The molecule has 0 saturated heterocycles. The molecular formula is C7H4BrN3O. The summed E-state index contributed by atoms with van der Waals surface area (Å²) in [6, 6.07) is 0. The Morgan fingerprint density at radius 3 is 2.92 bits per heavy atom. The number of rotatable bonds is 1. The molecule has 60 valence electrons. The number of nitrogens with zero attached hydrogens (tertiary/aromatic N) is 3. The summed E-state index contributed by atoms with van der Waals surface area (Å²) in [6.07, 6.45) is 5.12. The van der Waals surface area contributed by atoms with Gasteiger partial charge in [0.2, 0.25) is 0 Å². The summed E-state index contributed by atoms with van der Waals surface area (Å²) >= 11 is 3.19. The first kappa shape index (κ1) is 8.72. The van der Waals surface area contributed by atoms with Gasteiger partial charge in [0.25, 0.3) is 0 Å². The van der Waals surface area contributed by atoms with Crippen molar-refractivity contribution < 1.29 is 4.42 Å². The van der Waals surface area contributed by atoms with E-state index in [1.54, 1.807) is 6.92 Å². The average molecular weight is 226 g/mol. The van der Waals surface area contributed by atoms with Crippen LogP contribution in [0.1, 0.15) is 11.5 Å². The van der Waals surface area contributed by atoms with Crippen LogP contribution in [0.4, 0.5) is 5.69 Å². The normalized spacial score (nSPS) is 8.75. The van der Waals surface area contributed by atoms with Crippen LogP contribution in [0.5, 0.6) is 0 Å². The highest BCUT2D eigenvalue weighted by Crippen LogP contribution is 2.34. The lowest BCUT2D eigenvalue weighted by atomic mass is 10.4. The molecule has 12 heavy (non-hydrogen) atoms. The molecular weight excluding hydrogens is 222 g/mol. The molecule has 0 radical (unpaired) electrons. The van der Waals surface area contributed by atoms with E-state index in [4.69, 9.17) is 16.4 Å². The lowest BCUT2D eigenvalue weighted by Crippen LogP contribution is -1.63. The summed E-state index contributed by atoms with van der Waals surface area (Å²) < 4.78 is 5.70. The van der Waals surface area contributed by atoms with Gasteiger partial charge in [-0.2, -0.15) is 0 Å². The third kappa shape index (κ3) is 1.30. The Kier molecular flexibility index (Phi) is 2.44. The van der Waals surface area contributed by atoms with Gasteiger partial charge in [0.15, 0.2) is 5.76 Å². The zero-order valence-corrected chi connectivity index (χ0v) is 7.79. The van der Waals surface area contributed by atoms with Gasteiger partial charge in [-0.3, -0.25) is 0 Å². The predicted molar refractivity (Wildman–Crippen MR) is 47.9 cm³/mol. The zero-order chi connectivity index (χ0) is 9.14. The first-order valence-corrected chi connectivity index (χ1v) is 3.80. The Bertz CT molecular complexity index is 396. The molecule has 0 bridgehead atoms. The highest BCUT2D eigenvalue weighted by molar-refractivity contribution is 9.10. The van der Waals surface area contributed by atoms with Crippen LogP contribution in [-0.4, -0.2) is 0 Å². The molecule has 0 aliphatic carbocycles. The van der Waals surface area contributed by atoms with Gasteiger partial charge >= 0.3 is 0 Å². The molecule has 0 aromatic carbocycles. The second kappa shape index (κ2) is 3.35. The molecule has 1 aromatic rings. The van der Waals surface area contributed by atoms with Crippen molar-refractivity contribution in [1.29, 1.82) is 0 Å². The Morgan fingerprint density at radius 2 is 2.42 bits per heavy atom. The number of furan rings is 1. The third-order valence-corrected chi connectivity index (χ3v) is 2.20. The Balaban J connectivity index is 3.43. The first-order chi connectivity index (χ1) is 5.70. The number of terminal acetylenes is 1. The van der Waals surface area contributed by atoms with Crippen molar-refractivity contribution in [1.82, 2.24) is 0 Å². The number of hydrogen-bond donors (Lipinski definition) is 0. The summed E-state index contributed by atoms with van der Waals surface area (Å²) in [4.78, 5) is 2.63. The SMILES string of the molecule is C#Cc1oc(C)c(Br)c1N=[N+]=[N-]. The van der Waals surface area contributed by atoms with Crippen LogP contribution < -0.4 is 0 Å². The molecule has 0 atom stereocenters. The molecule has 0 N–H and O–H groups in total. The van der Waals surface area contributed by atoms with Crippen molar-refractivity contribution in [3.8, 4) is 12.3 Å². The molecule has 0 aliphatic heterocycles. The molecule has 0 spiro atoms. The smallest absolute Gasteiger partial charge is 0.187 e. The van der Waals surface area contributed by atoms with Crippen LogP contribution >= 0.6 is 15.9 Å². The van der Waals surface area contributed by atoms with Crippen LogP contribution in [0.3, 0.4) is 0 Å². The standard InChI is InChI=1S/C7H4BrN3O/c1-3-5-7(10-11-9)6(8)4(2)12-5/h1H,2H3. The molecule has 1 aromatic heterocycles. The lowest BCUT2D eigenvalue weighted by Gasteiger charge is -1.83. The number of halogens is 1. The lowest BCUT2D eigenvalue weighted by molar-refractivity contribution is 0.521. The summed E-state index contributed by atoms with van der Waals surface area (Å²) in [7, 11) is 0. The highest BCUT2D eigenvalue weighted by atomic mass is 79.9. The van der Waals surface area contributed by atoms with Crippen LogP contribution in [-0.2, 0) is 0 Å². The summed E-state index contributed by atoms with van der Waals surface area (Å²) in [5, 5.41) is 3.40. The van der Waals surface area contributed by atoms with Crippen molar-refractivity contribution >= 4 is 21.6 Å². The van der Waals surface area contributed by atoms with E-state index in [1.165, 1.54) is 0 Å². The summed E-state index contributed by atoms with van der Waals surface area (Å²) in [5.74, 6) is 3.13.